The number of ketones is 1. The molecule has 0 aliphatic carbocycles. The van der Waals surface area contributed by atoms with Gasteiger partial charge in [-0.2, -0.15) is 0 Å². The molecule has 2 amide bonds. The third kappa shape index (κ3) is 3.42. The minimum Gasteiger partial charge on any atom is -0.486 e. The van der Waals surface area contributed by atoms with E-state index in [9.17, 15) is 9.59 Å². The van der Waals surface area contributed by atoms with Gasteiger partial charge < -0.3 is 15.0 Å². The van der Waals surface area contributed by atoms with Crippen molar-refractivity contribution >= 4 is 17.5 Å². The number of carbonyl (C=O) groups is 2. The number of rotatable bonds is 1. The zero-order chi connectivity index (χ0) is 19.0. The number of nitrogens with one attached hydrogen (secondary N) is 1. The van der Waals surface area contributed by atoms with Gasteiger partial charge in [-0.05, 0) is 43.2 Å². The zero-order valence-corrected chi connectivity index (χ0v) is 15.7. The highest BCUT2D eigenvalue weighted by molar-refractivity contribution is 6.01. The van der Waals surface area contributed by atoms with Gasteiger partial charge in [0.25, 0.3) is 0 Å². The first kappa shape index (κ1) is 17.6. The fourth-order valence-electron chi connectivity index (χ4n) is 4.14. The third-order valence-corrected chi connectivity index (χ3v) is 5.52. The molecular weight excluding hydrogens is 340 g/mol. The summed E-state index contributed by atoms with van der Waals surface area (Å²) in [4.78, 5) is 27.1. The predicted molar refractivity (Wildman–Crippen MR) is 104 cm³/mol. The minimum atomic E-state index is -0.492. The normalized spacial score (nSPS) is 18.0. The van der Waals surface area contributed by atoms with Crippen LogP contribution in [0.5, 0.6) is 5.75 Å². The maximum Gasteiger partial charge on any atom is 0.321 e. The molecule has 27 heavy (non-hydrogen) atoms. The second kappa shape index (κ2) is 6.72. The van der Waals surface area contributed by atoms with Crippen molar-refractivity contribution in [2.24, 2.45) is 0 Å². The second-order valence-corrected chi connectivity index (χ2v) is 7.62. The number of para-hydroxylation sites is 1. The molecule has 2 aliphatic heterocycles. The van der Waals surface area contributed by atoms with E-state index < -0.39 is 5.60 Å². The number of benzene rings is 2. The van der Waals surface area contributed by atoms with Crippen molar-refractivity contribution in [1.29, 1.82) is 0 Å². The van der Waals surface area contributed by atoms with E-state index in [0.717, 1.165) is 22.4 Å². The first-order chi connectivity index (χ1) is 13.0. The topological polar surface area (TPSA) is 58.6 Å². The number of Topliss-reactive ketones (excluding diaryl/α,β-unsaturated/α-hetero) is 1. The number of aryl methyl sites for hydroxylation is 2. The van der Waals surface area contributed by atoms with Gasteiger partial charge in [0, 0.05) is 31.6 Å². The Bertz CT molecular complexity index is 884. The van der Waals surface area contributed by atoms with E-state index in [1.807, 2.05) is 56.3 Å². The Hall–Kier alpha value is -2.82. The number of hydrogen-bond acceptors (Lipinski definition) is 3. The lowest BCUT2D eigenvalue weighted by molar-refractivity contribution is 0.000264. The summed E-state index contributed by atoms with van der Waals surface area (Å²) in [5.41, 5.74) is 3.08. The molecule has 2 aromatic carbocycles. The molecule has 5 nitrogen and oxygen atoms in total. The Morgan fingerprint density at radius 2 is 1.81 bits per heavy atom. The van der Waals surface area contributed by atoms with Crippen molar-refractivity contribution in [2.75, 3.05) is 18.4 Å². The molecule has 1 fully saturated rings. The molecule has 1 saturated heterocycles. The largest absolute Gasteiger partial charge is 0.486 e. The fourth-order valence-corrected chi connectivity index (χ4v) is 4.14. The number of piperidine rings is 1. The van der Waals surface area contributed by atoms with E-state index in [1.54, 1.807) is 4.90 Å². The fraction of sp³-hybridized carbons (Fsp3) is 0.364. The number of nitrogens with zero attached hydrogens (tertiary/aromatic N) is 1. The molecule has 2 heterocycles. The van der Waals surface area contributed by atoms with E-state index >= 15 is 0 Å². The van der Waals surface area contributed by atoms with Crippen LogP contribution in [0.1, 0.15) is 40.7 Å². The molecule has 2 aromatic rings. The standard InChI is InChI=1S/C22H24N2O3/c1-15-12-16(2)20-18(25)14-22(27-19(20)13-15)8-10-24(11-9-22)21(26)23-17-6-4-3-5-7-17/h3-7,12-13H,8-11,14H2,1-2H3,(H,23,26). The second-order valence-electron chi connectivity index (χ2n) is 7.62. The molecule has 1 spiro atoms. The summed E-state index contributed by atoms with van der Waals surface area (Å²) < 4.78 is 6.36. The monoisotopic (exact) mass is 364 g/mol. The Morgan fingerprint density at radius 3 is 2.52 bits per heavy atom. The Balaban J connectivity index is 1.45. The summed E-state index contributed by atoms with van der Waals surface area (Å²) in [6, 6.07) is 13.3. The Morgan fingerprint density at radius 1 is 1.11 bits per heavy atom. The van der Waals surface area contributed by atoms with Crippen molar-refractivity contribution in [3.8, 4) is 5.75 Å². The van der Waals surface area contributed by atoms with Crippen molar-refractivity contribution in [3.63, 3.8) is 0 Å². The van der Waals surface area contributed by atoms with Gasteiger partial charge in [-0.1, -0.05) is 24.3 Å². The molecule has 0 saturated carbocycles. The number of carbonyl (C=O) groups excluding carboxylic acids is 2. The minimum absolute atomic E-state index is 0.106. The smallest absolute Gasteiger partial charge is 0.321 e. The van der Waals surface area contributed by atoms with Crippen LogP contribution in [0.25, 0.3) is 0 Å². The average molecular weight is 364 g/mol. The lowest BCUT2D eigenvalue weighted by Crippen LogP contribution is -2.53. The first-order valence-corrected chi connectivity index (χ1v) is 9.40. The maximum absolute atomic E-state index is 12.8. The predicted octanol–water partition coefficient (Wildman–Crippen LogP) is 4.34. The Labute approximate surface area is 159 Å². The SMILES string of the molecule is Cc1cc(C)c2c(c1)OC1(CCN(C(=O)Nc3ccccc3)CC1)CC2=O. The van der Waals surface area contributed by atoms with Gasteiger partial charge in [0.05, 0.1) is 12.0 Å². The summed E-state index contributed by atoms with van der Waals surface area (Å²) in [5, 5.41) is 2.92. The van der Waals surface area contributed by atoms with Crippen molar-refractivity contribution in [1.82, 2.24) is 4.90 Å². The van der Waals surface area contributed by atoms with Crippen molar-refractivity contribution in [3.05, 3.63) is 59.2 Å². The van der Waals surface area contributed by atoms with Crippen LogP contribution in [-0.4, -0.2) is 35.4 Å². The number of fused-ring (bicyclic) bond motifs is 1. The molecule has 0 atom stereocenters. The molecule has 0 unspecified atom stereocenters. The maximum atomic E-state index is 12.8. The molecule has 4 rings (SSSR count). The van der Waals surface area contributed by atoms with Crippen LogP contribution in [0.15, 0.2) is 42.5 Å². The molecule has 0 radical (unpaired) electrons. The van der Waals surface area contributed by atoms with Crippen LogP contribution in [0.4, 0.5) is 10.5 Å². The first-order valence-electron chi connectivity index (χ1n) is 9.40. The molecule has 0 aromatic heterocycles. The number of anilines is 1. The van der Waals surface area contributed by atoms with Gasteiger partial charge in [0.15, 0.2) is 5.78 Å². The van der Waals surface area contributed by atoms with Gasteiger partial charge >= 0.3 is 6.03 Å². The van der Waals surface area contributed by atoms with Gasteiger partial charge in [0.2, 0.25) is 0 Å². The summed E-state index contributed by atoms with van der Waals surface area (Å²) in [5.74, 6) is 0.849. The van der Waals surface area contributed by atoms with E-state index in [4.69, 9.17) is 4.74 Å². The number of amides is 2. The molecule has 140 valence electrons. The quantitative estimate of drug-likeness (QED) is 0.819. The van der Waals surface area contributed by atoms with E-state index in [2.05, 4.69) is 5.32 Å². The van der Waals surface area contributed by atoms with Crippen LogP contribution < -0.4 is 10.1 Å². The van der Waals surface area contributed by atoms with E-state index in [0.29, 0.717) is 38.1 Å². The molecular formula is C22H24N2O3. The third-order valence-electron chi connectivity index (χ3n) is 5.52. The lowest BCUT2D eigenvalue weighted by atomic mass is 9.81. The number of hydrogen-bond donors (Lipinski definition) is 1. The van der Waals surface area contributed by atoms with Crippen molar-refractivity contribution < 1.29 is 14.3 Å². The van der Waals surface area contributed by atoms with E-state index in [1.165, 1.54) is 0 Å². The lowest BCUT2D eigenvalue weighted by Gasteiger charge is -2.44. The summed E-state index contributed by atoms with van der Waals surface area (Å²) in [7, 11) is 0. The van der Waals surface area contributed by atoms with Crippen LogP contribution in [0.2, 0.25) is 0 Å². The van der Waals surface area contributed by atoms with Gasteiger partial charge in [-0.25, -0.2) is 4.79 Å². The highest BCUT2D eigenvalue weighted by atomic mass is 16.5. The Kier molecular flexibility index (Phi) is 4.38. The molecule has 2 aliphatic rings. The summed E-state index contributed by atoms with van der Waals surface area (Å²) >= 11 is 0. The van der Waals surface area contributed by atoms with E-state index in [-0.39, 0.29) is 11.8 Å². The van der Waals surface area contributed by atoms with Gasteiger partial charge in [-0.3, -0.25) is 4.79 Å². The van der Waals surface area contributed by atoms with Crippen LogP contribution >= 0.6 is 0 Å². The zero-order valence-electron chi connectivity index (χ0n) is 15.7. The van der Waals surface area contributed by atoms with Gasteiger partial charge in [-0.15, -0.1) is 0 Å². The highest BCUT2D eigenvalue weighted by Crippen LogP contribution is 2.41. The summed E-state index contributed by atoms with van der Waals surface area (Å²) in [6.07, 6.45) is 1.71. The summed E-state index contributed by atoms with van der Waals surface area (Å²) in [6.45, 7) is 5.12. The van der Waals surface area contributed by atoms with Crippen molar-refractivity contribution in [2.45, 2.75) is 38.7 Å². The number of urea groups is 1. The highest BCUT2D eigenvalue weighted by Gasteiger charge is 2.44. The molecule has 5 heteroatoms. The molecule has 1 N–H and O–H groups in total. The van der Waals surface area contributed by atoms with Gasteiger partial charge in [0.1, 0.15) is 11.4 Å². The van der Waals surface area contributed by atoms with Crippen LogP contribution in [-0.2, 0) is 0 Å². The average Bonchev–Trinajstić information content (AvgIpc) is 2.62. The molecule has 0 bridgehead atoms. The number of likely N-dealkylation sites (tertiary alicyclic amines) is 1. The number of ether oxygens (including phenoxy) is 1. The van der Waals surface area contributed by atoms with Crippen LogP contribution in [0.3, 0.4) is 0 Å². The van der Waals surface area contributed by atoms with Crippen LogP contribution in [0, 0.1) is 13.8 Å².